The van der Waals surface area contributed by atoms with E-state index in [1.54, 1.807) is 41.3 Å². The summed E-state index contributed by atoms with van der Waals surface area (Å²) in [5, 5.41) is 0.673. The fourth-order valence-electron chi connectivity index (χ4n) is 2.73. The Bertz CT molecular complexity index is 764. The minimum absolute atomic E-state index is 0.111. The number of amides is 1. The SMILES string of the molecule is O=C(COc1cccc(Cl)c1Cl)N1CCN(c2ccccc2F)CC1. The second-order valence-electron chi connectivity index (χ2n) is 5.66. The number of piperazine rings is 1. The highest BCUT2D eigenvalue weighted by Gasteiger charge is 2.23. The molecule has 1 saturated heterocycles. The molecule has 0 aliphatic carbocycles. The Kier molecular flexibility index (Phi) is 5.66. The molecule has 0 N–H and O–H groups in total. The van der Waals surface area contributed by atoms with E-state index in [2.05, 4.69) is 0 Å². The summed E-state index contributed by atoms with van der Waals surface area (Å²) in [5.41, 5.74) is 0.566. The third-order valence-electron chi connectivity index (χ3n) is 4.09. The van der Waals surface area contributed by atoms with E-state index in [1.165, 1.54) is 6.07 Å². The molecule has 1 amide bonds. The Morgan fingerprint density at radius 2 is 1.76 bits per heavy atom. The highest BCUT2D eigenvalue weighted by Crippen LogP contribution is 2.31. The van der Waals surface area contributed by atoms with Crippen LogP contribution in [0.15, 0.2) is 42.5 Å². The maximum absolute atomic E-state index is 13.8. The third kappa shape index (κ3) is 4.17. The van der Waals surface area contributed by atoms with Crippen LogP contribution in [0.1, 0.15) is 0 Å². The van der Waals surface area contributed by atoms with Crippen molar-refractivity contribution in [3.63, 3.8) is 0 Å². The number of rotatable bonds is 4. The smallest absolute Gasteiger partial charge is 0.260 e. The number of para-hydroxylation sites is 1. The van der Waals surface area contributed by atoms with Crippen molar-refractivity contribution in [2.24, 2.45) is 0 Å². The highest BCUT2D eigenvalue weighted by molar-refractivity contribution is 6.42. The zero-order chi connectivity index (χ0) is 17.8. The van der Waals surface area contributed by atoms with E-state index in [9.17, 15) is 9.18 Å². The number of benzene rings is 2. The van der Waals surface area contributed by atoms with Gasteiger partial charge in [0.05, 0.1) is 10.7 Å². The van der Waals surface area contributed by atoms with Crippen molar-refractivity contribution in [1.29, 1.82) is 0 Å². The molecular weight excluding hydrogens is 366 g/mol. The first-order chi connectivity index (χ1) is 12.1. The summed E-state index contributed by atoms with van der Waals surface area (Å²) in [5.74, 6) is -0.00190. The number of carbonyl (C=O) groups is 1. The molecule has 0 atom stereocenters. The standard InChI is InChI=1S/C18H17Cl2FN2O2/c19-13-4-3-7-16(18(13)20)25-12-17(24)23-10-8-22(9-11-23)15-6-2-1-5-14(15)21/h1-7H,8-12H2. The fourth-order valence-corrected chi connectivity index (χ4v) is 3.08. The zero-order valence-corrected chi connectivity index (χ0v) is 14.9. The number of halogens is 3. The van der Waals surface area contributed by atoms with Gasteiger partial charge in [0, 0.05) is 26.2 Å². The van der Waals surface area contributed by atoms with Crippen LogP contribution in [-0.4, -0.2) is 43.6 Å². The molecule has 2 aromatic carbocycles. The predicted molar refractivity (Wildman–Crippen MR) is 97.2 cm³/mol. The number of hydrogen-bond donors (Lipinski definition) is 0. The van der Waals surface area contributed by atoms with Crippen LogP contribution in [0, 0.1) is 5.82 Å². The second-order valence-corrected chi connectivity index (χ2v) is 6.45. The number of carbonyl (C=O) groups excluding carboxylic acids is 1. The van der Waals surface area contributed by atoms with E-state index in [4.69, 9.17) is 27.9 Å². The van der Waals surface area contributed by atoms with Crippen LogP contribution in [-0.2, 0) is 4.79 Å². The van der Waals surface area contributed by atoms with E-state index < -0.39 is 0 Å². The number of ether oxygens (including phenoxy) is 1. The molecule has 0 saturated carbocycles. The lowest BCUT2D eigenvalue weighted by Crippen LogP contribution is -2.50. The van der Waals surface area contributed by atoms with Gasteiger partial charge >= 0.3 is 0 Å². The Balaban J connectivity index is 1.53. The molecule has 2 aromatic rings. The topological polar surface area (TPSA) is 32.8 Å². The Morgan fingerprint density at radius 3 is 2.48 bits per heavy atom. The van der Waals surface area contributed by atoms with Gasteiger partial charge in [-0.25, -0.2) is 4.39 Å². The van der Waals surface area contributed by atoms with E-state index in [1.807, 2.05) is 4.90 Å². The first kappa shape index (κ1) is 17.8. The largest absolute Gasteiger partial charge is 0.482 e. The normalized spacial score (nSPS) is 14.5. The maximum Gasteiger partial charge on any atom is 0.260 e. The van der Waals surface area contributed by atoms with Crippen molar-refractivity contribution in [1.82, 2.24) is 4.90 Å². The lowest BCUT2D eigenvalue weighted by Gasteiger charge is -2.36. The van der Waals surface area contributed by atoms with Gasteiger partial charge in [0.25, 0.3) is 5.91 Å². The number of hydrogen-bond acceptors (Lipinski definition) is 3. The predicted octanol–water partition coefficient (Wildman–Crippen LogP) is 3.86. The van der Waals surface area contributed by atoms with Gasteiger partial charge in [-0.1, -0.05) is 41.4 Å². The summed E-state index contributed by atoms with van der Waals surface area (Å²) in [6.07, 6.45) is 0. The third-order valence-corrected chi connectivity index (χ3v) is 4.89. The lowest BCUT2D eigenvalue weighted by molar-refractivity contribution is -0.133. The molecule has 0 radical (unpaired) electrons. The van der Waals surface area contributed by atoms with Crippen LogP contribution in [0.2, 0.25) is 10.0 Å². The molecule has 0 aromatic heterocycles. The molecule has 0 unspecified atom stereocenters. The van der Waals surface area contributed by atoms with Crippen LogP contribution in [0.5, 0.6) is 5.75 Å². The number of nitrogens with zero attached hydrogens (tertiary/aromatic N) is 2. The quantitative estimate of drug-likeness (QED) is 0.804. The van der Waals surface area contributed by atoms with Gasteiger partial charge in [-0.3, -0.25) is 4.79 Å². The van der Waals surface area contributed by atoms with Crippen LogP contribution < -0.4 is 9.64 Å². The van der Waals surface area contributed by atoms with Crippen molar-refractivity contribution in [2.75, 3.05) is 37.7 Å². The highest BCUT2D eigenvalue weighted by atomic mass is 35.5. The van der Waals surface area contributed by atoms with Gasteiger partial charge in [-0.2, -0.15) is 0 Å². The monoisotopic (exact) mass is 382 g/mol. The molecule has 1 aliphatic heterocycles. The lowest BCUT2D eigenvalue weighted by atomic mass is 10.2. The molecule has 0 spiro atoms. The molecule has 7 heteroatoms. The van der Waals surface area contributed by atoms with Crippen LogP contribution >= 0.6 is 23.2 Å². The van der Waals surface area contributed by atoms with Crippen LogP contribution in [0.4, 0.5) is 10.1 Å². The van der Waals surface area contributed by atoms with Crippen molar-refractivity contribution in [3.05, 3.63) is 58.3 Å². The molecule has 25 heavy (non-hydrogen) atoms. The van der Waals surface area contributed by atoms with Crippen molar-refractivity contribution in [2.45, 2.75) is 0 Å². The van der Waals surface area contributed by atoms with Gasteiger partial charge < -0.3 is 14.5 Å². The molecule has 3 rings (SSSR count). The summed E-state index contributed by atoms with van der Waals surface area (Å²) < 4.78 is 19.3. The fraction of sp³-hybridized carbons (Fsp3) is 0.278. The first-order valence-electron chi connectivity index (χ1n) is 7.90. The summed E-state index contributed by atoms with van der Waals surface area (Å²) >= 11 is 12.0. The van der Waals surface area contributed by atoms with Crippen LogP contribution in [0.3, 0.4) is 0 Å². The van der Waals surface area contributed by atoms with Gasteiger partial charge in [0.15, 0.2) is 6.61 Å². The summed E-state index contributed by atoms with van der Waals surface area (Å²) in [6, 6.07) is 11.7. The molecule has 1 heterocycles. The minimum atomic E-state index is -0.249. The van der Waals surface area contributed by atoms with Crippen molar-refractivity contribution in [3.8, 4) is 5.75 Å². The van der Waals surface area contributed by atoms with Gasteiger partial charge in [0.1, 0.15) is 16.6 Å². The van der Waals surface area contributed by atoms with Gasteiger partial charge in [0.2, 0.25) is 0 Å². The van der Waals surface area contributed by atoms with Gasteiger partial charge in [-0.05, 0) is 24.3 Å². The minimum Gasteiger partial charge on any atom is -0.482 e. The second kappa shape index (κ2) is 7.93. The van der Waals surface area contributed by atoms with E-state index in [-0.39, 0.29) is 18.3 Å². The summed E-state index contributed by atoms with van der Waals surface area (Å²) in [4.78, 5) is 16.0. The summed E-state index contributed by atoms with van der Waals surface area (Å²) in [6.45, 7) is 2.06. The number of anilines is 1. The van der Waals surface area contributed by atoms with Crippen molar-refractivity contribution < 1.29 is 13.9 Å². The molecule has 132 valence electrons. The molecule has 1 fully saturated rings. The van der Waals surface area contributed by atoms with Gasteiger partial charge in [-0.15, -0.1) is 0 Å². The van der Waals surface area contributed by atoms with E-state index in [0.29, 0.717) is 47.7 Å². The Hall–Kier alpha value is -1.98. The molecule has 0 bridgehead atoms. The molecule has 1 aliphatic rings. The average Bonchev–Trinajstić information content (AvgIpc) is 2.63. The van der Waals surface area contributed by atoms with Crippen molar-refractivity contribution >= 4 is 34.8 Å². The Labute approximate surface area is 155 Å². The average molecular weight is 383 g/mol. The molecular formula is C18H17Cl2FN2O2. The summed E-state index contributed by atoms with van der Waals surface area (Å²) in [7, 11) is 0. The van der Waals surface area contributed by atoms with E-state index in [0.717, 1.165) is 0 Å². The first-order valence-corrected chi connectivity index (χ1v) is 8.66. The zero-order valence-electron chi connectivity index (χ0n) is 13.4. The maximum atomic E-state index is 13.8. The van der Waals surface area contributed by atoms with E-state index >= 15 is 0 Å². The molecule has 4 nitrogen and oxygen atoms in total. The Morgan fingerprint density at radius 1 is 1.04 bits per heavy atom. The van der Waals surface area contributed by atoms with Crippen LogP contribution in [0.25, 0.3) is 0 Å².